The fraction of sp³-hybridized carbons (Fsp3) is 0.429. The molecule has 1 unspecified atom stereocenters. The molecule has 1 aromatic carbocycles. The van der Waals surface area contributed by atoms with Crippen molar-refractivity contribution in [3.63, 3.8) is 0 Å². The summed E-state index contributed by atoms with van der Waals surface area (Å²) in [6.07, 6.45) is 3.22. The zero-order valence-electron chi connectivity index (χ0n) is 16.8. The number of hydrogen-bond acceptors (Lipinski definition) is 7. The SMILES string of the molecule is C=C(c1nnc(-c2ccc(-n3ncc(C)n3)cc2O)s1)[C@H]1C[C@]2(C)CCC(N2)[C@@H]1F. The quantitative estimate of drug-likeness (QED) is 0.662. The minimum atomic E-state index is -0.974. The summed E-state index contributed by atoms with van der Waals surface area (Å²) in [5, 5.41) is 32.1. The number of aromatic nitrogens is 5. The molecule has 2 aliphatic heterocycles. The van der Waals surface area contributed by atoms with E-state index < -0.39 is 6.17 Å². The van der Waals surface area contributed by atoms with E-state index in [4.69, 9.17) is 0 Å². The van der Waals surface area contributed by atoms with E-state index in [-0.39, 0.29) is 23.2 Å². The van der Waals surface area contributed by atoms with Crippen LogP contribution in [0.15, 0.2) is 31.0 Å². The van der Waals surface area contributed by atoms with Crippen molar-refractivity contribution in [2.45, 2.75) is 50.9 Å². The number of hydrogen-bond donors (Lipinski definition) is 2. The predicted molar refractivity (Wildman–Crippen MR) is 113 cm³/mol. The fourth-order valence-corrected chi connectivity index (χ4v) is 5.48. The van der Waals surface area contributed by atoms with Gasteiger partial charge in [-0.3, -0.25) is 0 Å². The third-order valence-corrected chi connectivity index (χ3v) is 7.21. The molecule has 2 bridgehead atoms. The number of fused-ring (bicyclic) bond motifs is 2. The van der Waals surface area contributed by atoms with E-state index in [1.807, 2.05) is 13.0 Å². The molecule has 30 heavy (non-hydrogen) atoms. The number of nitrogens with one attached hydrogen (secondary N) is 1. The number of aromatic hydroxyl groups is 1. The van der Waals surface area contributed by atoms with Crippen molar-refractivity contribution in [1.29, 1.82) is 0 Å². The lowest BCUT2D eigenvalue weighted by atomic mass is 9.80. The molecule has 4 heterocycles. The number of aryl methyl sites for hydroxylation is 1. The van der Waals surface area contributed by atoms with Gasteiger partial charge in [0.25, 0.3) is 0 Å². The maximum Gasteiger partial charge on any atom is 0.151 e. The summed E-state index contributed by atoms with van der Waals surface area (Å²) in [6.45, 7) is 8.17. The van der Waals surface area contributed by atoms with Crippen molar-refractivity contribution in [3.8, 4) is 22.0 Å². The molecular formula is C21H23FN6OS. The summed E-state index contributed by atoms with van der Waals surface area (Å²) >= 11 is 1.32. The number of rotatable bonds is 4. The number of piperidine rings is 1. The Labute approximate surface area is 177 Å². The Balaban J connectivity index is 1.40. The molecule has 2 fully saturated rings. The standard InChI is InChI=1S/C21H23FN6OS/c1-11-10-23-28(27-11)13-4-5-14(17(29)8-13)20-26-25-19(30-20)12(2)15-9-21(3)7-6-16(24-21)18(15)22/h4-5,8,10,15-16,18,24,29H,2,6-7,9H2,1,3H3/t15-,16?,18-,21+/m1/s1. The van der Waals surface area contributed by atoms with Crippen LogP contribution >= 0.6 is 11.3 Å². The molecule has 2 aliphatic rings. The van der Waals surface area contributed by atoms with Crippen LogP contribution in [0.5, 0.6) is 5.75 Å². The second kappa shape index (κ2) is 6.95. The molecule has 0 saturated carbocycles. The van der Waals surface area contributed by atoms with Crippen LogP contribution < -0.4 is 5.32 Å². The largest absolute Gasteiger partial charge is 0.507 e. The van der Waals surface area contributed by atoms with Crippen LogP contribution in [-0.2, 0) is 0 Å². The first-order chi connectivity index (χ1) is 14.3. The molecule has 2 N–H and O–H groups in total. The first-order valence-corrected chi connectivity index (χ1v) is 10.8. The van der Waals surface area contributed by atoms with Gasteiger partial charge >= 0.3 is 0 Å². The smallest absolute Gasteiger partial charge is 0.151 e. The molecule has 0 spiro atoms. The van der Waals surface area contributed by atoms with Gasteiger partial charge in [-0.2, -0.15) is 15.0 Å². The van der Waals surface area contributed by atoms with E-state index in [9.17, 15) is 5.11 Å². The molecular weight excluding hydrogens is 403 g/mol. The number of phenols is 1. The molecule has 9 heteroatoms. The molecule has 7 nitrogen and oxygen atoms in total. The molecule has 156 valence electrons. The van der Waals surface area contributed by atoms with Crippen LogP contribution in [0.4, 0.5) is 4.39 Å². The number of halogens is 1. The lowest BCUT2D eigenvalue weighted by Gasteiger charge is -2.39. The summed E-state index contributed by atoms with van der Waals surface area (Å²) in [6, 6.07) is 5.05. The van der Waals surface area contributed by atoms with E-state index in [1.54, 1.807) is 18.3 Å². The Morgan fingerprint density at radius 2 is 2.23 bits per heavy atom. The Morgan fingerprint density at radius 3 is 2.97 bits per heavy atom. The zero-order valence-corrected chi connectivity index (χ0v) is 17.7. The highest BCUT2D eigenvalue weighted by atomic mass is 32.1. The van der Waals surface area contributed by atoms with Crippen molar-refractivity contribution >= 4 is 16.9 Å². The zero-order chi connectivity index (χ0) is 21.0. The van der Waals surface area contributed by atoms with E-state index in [0.717, 1.165) is 18.5 Å². The van der Waals surface area contributed by atoms with Crippen LogP contribution in [0.3, 0.4) is 0 Å². The van der Waals surface area contributed by atoms with Crippen LogP contribution in [-0.4, -0.2) is 48.1 Å². The minimum absolute atomic E-state index is 0.0403. The molecule has 5 rings (SSSR count). The average molecular weight is 427 g/mol. The van der Waals surface area contributed by atoms with E-state index in [0.29, 0.717) is 33.3 Å². The average Bonchev–Trinajstić information content (AvgIpc) is 3.44. The normalized spacial score (nSPS) is 28.0. The van der Waals surface area contributed by atoms with Gasteiger partial charge in [-0.25, -0.2) is 4.39 Å². The van der Waals surface area contributed by atoms with Gasteiger partial charge in [0.1, 0.15) is 16.9 Å². The van der Waals surface area contributed by atoms with Crippen LogP contribution in [0.2, 0.25) is 0 Å². The van der Waals surface area contributed by atoms with Crippen molar-refractivity contribution in [3.05, 3.63) is 41.7 Å². The van der Waals surface area contributed by atoms with Crippen LogP contribution in [0.25, 0.3) is 21.8 Å². The number of allylic oxidation sites excluding steroid dienone is 1. The van der Waals surface area contributed by atoms with Gasteiger partial charge in [-0.1, -0.05) is 17.9 Å². The number of nitrogens with zero attached hydrogens (tertiary/aromatic N) is 5. The topological polar surface area (TPSA) is 88.8 Å². The second-order valence-electron chi connectivity index (χ2n) is 8.52. The monoisotopic (exact) mass is 426 g/mol. The summed E-state index contributed by atoms with van der Waals surface area (Å²) in [4.78, 5) is 1.46. The Morgan fingerprint density at radius 1 is 1.40 bits per heavy atom. The Bertz CT molecular complexity index is 1130. The highest BCUT2D eigenvalue weighted by molar-refractivity contribution is 7.15. The summed E-state index contributed by atoms with van der Waals surface area (Å²) in [5.41, 5.74) is 2.66. The van der Waals surface area contributed by atoms with Gasteiger partial charge in [0.15, 0.2) is 5.01 Å². The van der Waals surface area contributed by atoms with Crippen LogP contribution in [0, 0.1) is 12.8 Å². The van der Waals surface area contributed by atoms with Crippen LogP contribution in [0.1, 0.15) is 36.9 Å². The Kier molecular flexibility index (Phi) is 4.48. The molecule has 2 aromatic heterocycles. The van der Waals surface area contributed by atoms with Crippen molar-refractivity contribution < 1.29 is 9.50 Å². The van der Waals surface area contributed by atoms with Crippen molar-refractivity contribution in [2.75, 3.05) is 0 Å². The first kappa shape index (κ1) is 19.3. The predicted octanol–water partition coefficient (Wildman–Crippen LogP) is 3.68. The van der Waals surface area contributed by atoms with Gasteiger partial charge in [0, 0.05) is 23.6 Å². The maximum absolute atomic E-state index is 15.0. The van der Waals surface area contributed by atoms with E-state index >= 15 is 4.39 Å². The number of benzene rings is 1. The van der Waals surface area contributed by atoms with E-state index in [2.05, 4.69) is 39.2 Å². The number of alkyl halides is 1. The third kappa shape index (κ3) is 3.22. The molecule has 3 aromatic rings. The highest BCUT2D eigenvalue weighted by Gasteiger charge is 2.49. The van der Waals surface area contributed by atoms with Gasteiger partial charge in [-0.05, 0) is 50.8 Å². The molecule has 2 saturated heterocycles. The lowest BCUT2D eigenvalue weighted by molar-refractivity contribution is 0.135. The summed E-state index contributed by atoms with van der Waals surface area (Å²) in [5.74, 6) is -0.207. The van der Waals surface area contributed by atoms with Gasteiger partial charge in [-0.15, -0.1) is 10.2 Å². The van der Waals surface area contributed by atoms with Crippen molar-refractivity contribution in [2.24, 2.45) is 5.92 Å². The second-order valence-corrected chi connectivity index (χ2v) is 9.50. The van der Waals surface area contributed by atoms with E-state index in [1.165, 1.54) is 16.1 Å². The molecule has 0 amide bonds. The number of phenolic OH excluding ortho intramolecular Hbond substituents is 1. The van der Waals surface area contributed by atoms with Gasteiger partial charge < -0.3 is 10.4 Å². The fourth-order valence-electron chi connectivity index (χ4n) is 4.57. The highest BCUT2D eigenvalue weighted by Crippen LogP contribution is 2.46. The minimum Gasteiger partial charge on any atom is -0.507 e. The third-order valence-electron chi connectivity index (χ3n) is 6.18. The van der Waals surface area contributed by atoms with Crippen molar-refractivity contribution in [1.82, 2.24) is 30.5 Å². The molecule has 4 atom stereocenters. The molecule has 0 aliphatic carbocycles. The van der Waals surface area contributed by atoms with Gasteiger partial charge in [0.2, 0.25) is 0 Å². The summed E-state index contributed by atoms with van der Waals surface area (Å²) in [7, 11) is 0. The lowest BCUT2D eigenvalue weighted by Crippen LogP contribution is -2.53. The maximum atomic E-state index is 15.0. The van der Waals surface area contributed by atoms with Gasteiger partial charge in [0.05, 0.1) is 23.1 Å². The summed E-state index contributed by atoms with van der Waals surface area (Å²) < 4.78 is 15.0. The molecule has 0 radical (unpaired) electrons. The first-order valence-electron chi connectivity index (χ1n) is 10.0. The Hall–Kier alpha value is -2.65.